The first-order chi connectivity index (χ1) is 8.60. The van der Waals surface area contributed by atoms with E-state index in [1.165, 1.54) is 0 Å². The third-order valence-electron chi connectivity index (χ3n) is 2.30. The van der Waals surface area contributed by atoms with Gasteiger partial charge >= 0.3 is 0 Å². The van der Waals surface area contributed by atoms with Crippen molar-refractivity contribution in [3.05, 3.63) is 39.4 Å². The second-order valence-corrected chi connectivity index (χ2v) is 5.34. The molecule has 0 aliphatic rings. The van der Waals surface area contributed by atoms with Gasteiger partial charge in [-0.15, -0.1) is 0 Å². The Bertz CT molecular complexity index is 575. The topological polar surface area (TPSA) is 60.2 Å². The van der Waals surface area contributed by atoms with Gasteiger partial charge in [-0.2, -0.15) is 0 Å². The van der Waals surface area contributed by atoms with E-state index in [2.05, 4.69) is 42.2 Å². The summed E-state index contributed by atoms with van der Waals surface area (Å²) in [6.45, 7) is 0. The lowest BCUT2D eigenvalue weighted by Gasteiger charge is -2.10. The summed E-state index contributed by atoms with van der Waals surface area (Å²) >= 11 is 6.74. The van der Waals surface area contributed by atoms with Crippen LogP contribution in [0.4, 0.5) is 17.2 Å². The highest BCUT2D eigenvalue weighted by Crippen LogP contribution is 2.30. The molecule has 0 bridgehead atoms. The maximum Gasteiger partial charge on any atom is 0.153 e. The molecule has 1 aromatic heterocycles. The molecule has 0 unspecified atom stereocenters. The van der Waals surface area contributed by atoms with Crippen LogP contribution in [0.25, 0.3) is 0 Å². The molecule has 1 heterocycles. The standard InChI is InChI=1S/C12H11Br2N3O/c1-18-11-3-2-8(5-9(11)14)17-12-10(15)4-7(13)6-16-12/h2-6H,15H2,1H3,(H,16,17). The summed E-state index contributed by atoms with van der Waals surface area (Å²) in [5.74, 6) is 1.40. The number of pyridine rings is 1. The minimum atomic E-state index is 0.580. The first-order valence-electron chi connectivity index (χ1n) is 5.11. The fraction of sp³-hybridized carbons (Fsp3) is 0.0833. The van der Waals surface area contributed by atoms with E-state index in [9.17, 15) is 0 Å². The van der Waals surface area contributed by atoms with Gasteiger partial charge in [0.25, 0.3) is 0 Å². The van der Waals surface area contributed by atoms with Crippen LogP contribution in [0, 0.1) is 0 Å². The highest BCUT2D eigenvalue weighted by molar-refractivity contribution is 9.10. The van der Waals surface area contributed by atoms with Gasteiger partial charge in [-0.1, -0.05) is 0 Å². The van der Waals surface area contributed by atoms with Crippen LogP contribution in [0.2, 0.25) is 0 Å². The van der Waals surface area contributed by atoms with Crippen LogP contribution in [0.15, 0.2) is 39.4 Å². The van der Waals surface area contributed by atoms with Gasteiger partial charge < -0.3 is 15.8 Å². The molecule has 6 heteroatoms. The zero-order chi connectivity index (χ0) is 13.1. The van der Waals surface area contributed by atoms with Crippen molar-refractivity contribution in [3.63, 3.8) is 0 Å². The molecule has 0 aliphatic carbocycles. The lowest BCUT2D eigenvalue weighted by Crippen LogP contribution is -1.99. The molecule has 1 aromatic carbocycles. The number of hydrogen-bond donors (Lipinski definition) is 2. The predicted molar refractivity (Wildman–Crippen MR) is 80.3 cm³/mol. The number of rotatable bonds is 3. The average molecular weight is 373 g/mol. The van der Waals surface area contributed by atoms with E-state index >= 15 is 0 Å². The zero-order valence-electron chi connectivity index (χ0n) is 9.58. The van der Waals surface area contributed by atoms with Gasteiger partial charge in [0.2, 0.25) is 0 Å². The highest BCUT2D eigenvalue weighted by atomic mass is 79.9. The van der Waals surface area contributed by atoms with E-state index in [1.807, 2.05) is 18.2 Å². The van der Waals surface area contributed by atoms with E-state index in [0.29, 0.717) is 11.5 Å². The van der Waals surface area contributed by atoms with Gasteiger partial charge in [-0.05, 0) is 56.1 Å². The van der Waals surface area contributed by atoms with Crippen LogP contribution in [0.5, 0.6) is 5.75 Å². The van der Waals surface area contributed by atoms with Crippen LogP contribution < -0.4 is 15.8 Å². The second-order valence-electron chi connectivity index (χ2n) is 3.57. The van der Waals surface area contributed by atoms with Crippen molar-refractivity contribution in [1.29, 1.82) is 0 Å². The summed E-state index contributed by atoms with van der Waals surface area (Å²) in [5.41, 5.74) is 7.33. The molecule has 2 aromatic rings. The van der Waals surface area contributed by atoms with Crippen LogP contribution >= 0.6 is 31.9 Å². The fourth-order valence-corrected chi connectivity index (χ4v) is 2.33. The van der Waals surface area contributed by atoms with Crippen molar-refractivity contribution in [1.82, 2.24) is 4.98 Å². The number of halogens is 2. The number of benzene rings is 1. The molecule has 0 aliphatic heterocycles. The van der Waals surface area contributed by atoms with E-state index in [0.717, 1.165) is 20.4 Å². The van der Waals surface area contributed by atoms with Gasteiger partial charge in [0.05, 0.1) is 17.3 Å². The van der Waals surface area contributed by atoms with Gasteiger partial charge in [0, 0.05) is 16.4 Å². The molecule has 0 amide bonds. The molecule has 0 saturated carbocycles. The number of methoxy groups -OCH3 is 1. The molecule has 0 spiro atoms. The second kappa shape index (κ2) is 5.58. The maximum absolute atomic E-state index is 5.87. The summed E-state index contributed by atoms with van der Waals surface area (Å²) in [5, 5.41) is 3.15. The monoisotopic (exact) mass is 371 g/mol. The molecule has 94 valence electrons. The SMILES string of the molecule is COc1ccc(Nc2ncc(Br)cc2N)cc1Br. The van der Waals surface area contributed by atoms with Crippen LogP contribution in [-0.4, -0.2) is 12.1 Å². The third-order valence-corrected chi connectivity index (χ3v) is 3.35. The number of nitrogen functional groups attached to an aromatic ring is 1. The molecular formula is C12H11Br2N3O. The van der Waals surface area contributed by atoms with Gasteiger partial charge in [-0.3, -0.25) is 0 Å². The molecule has 2 rings (SSSR count). The van der Waals surface area contributed by atoms with Crippen molar-refractivity contribution in [2.45, 2.75) is 0 Å². The first-order valence-corrected chi connectivity index (χ1v) is 6.70. The summed E-state index contributed by atoms with van der Waals surface area (Å²) in [4.78, 5) is 4.22. The summed E-state index contributed by atoms with van der Waals surface area (Å²) in [6, 6.07) is 7.46. The first kappa shape index (κ1) is 13.2. The molecule has 0 fully saturated rings. The van der Waals surface area contributed by atoms with Crippen molar-refractivity contribution < 1.29 is 4.74 Å². The molecule has 0 atom stereocenters. The number of ether oxygens (including phenoxy) is 1. The predicted octanol–water partition coefficient (Wildman–Crippen LogP) is 3.94. The van der Waals surface area contributed by atoms with E-state index in [1.54, 1.807) is 19.4 Å². The molecule has 0 saturated heterocycles. The molecule has 18 heavy (non-hydrogen) atoms. The maximum atomic E-state index is 5.87. The van der Waals surface area contributed by atoms with Crippen molar-refractivity contribution in [2.24, 2.45) is 0 Å². The van der Waals surface area contributed by atoms with E-state index < -0.39 is 0 Å². The summed E-state index contributed by atoms with van der Waals surface area (Å²) in [6.07, 6.45) is 1.69. The fourth-order valence-electron chi connectivity index (χ4n) is 1.44. The number of nitrogens with one attached hydrogen (secondary N) is 1. The number of hydrogen-bond acceptors (Lipinski definition) is 4. The van der Waals surface area contributed by atoms with Gasteiger partial charge in [0.15, 0.2) is 5.82 Å². The van der Waals surface area contributed by atoms with Crippen LogP contribution in [0.3, 0.4) is 0 Å². The smallest absolute Gasteiger partial charge is 0.153 e. The molecule has 3 N–H and O–H groups in total. The Hall–Kier alpha value is -1.27. The molecule has 4 nitrogen and oxygen atoms in total. The van der Waals surface area contributed by atoms with Gasteiger partial charge in [0.1, 0.15) is 5.75 Å². The lowest BCUT2D eigenvalue weighted by molar-refractivity contribution is 0.412. The van der Waals surface area contributed by atoms with Crippen LogP contribution in [-0.2, 0) is 0 Å². The number of anilines is 3. The lowest BCUT2D eigenvalue weighted by atomic mass is 10.3. The summed E-state index contributed by atoms with van der Waals surface area (Å²) < 4.78 is 6.88. The Morgan fingerprint density at radius 2 is 2.06 bits per heavy atom. The van der Waals surface area contributed by atoms with E-state index in [4.69, 9.17) is 10.5 Å². The molecule has 0 radical (unpaired) electrons. The Balaban J connectivity index is 2.26. The largest absolute Gasteiger partial charge is 0.496 e. The van der Waals surface area contributed by atoms with Crippen molar-refractivity contribution >= 4 is 49.1 Å². The van der Waals surface area contributed by atoms with Crippen LogP contribution in [0.1, 0.15) is 0 Å². The summed E-state index contributed by atoms with van der Waals surface area (Å²) in [7, 11) is 1.63. The quantitative estimate of drug-likeness (QED) is 0.856. The highest BCUT2D eigenvalue weighted by Gasteiger charge is 2.05. The van der Waals surface area contributed by atoms with Crippen molar-refractivity contribution in [2.75, 3.05) is 18.2 Å². The average Bonchev–Trinajstić information content (AvgIpc) is 2.33. The minimum absolute atomic E-state index is 0.580. The third kappa shape index (κ3) is 2.94. The molecular weight excluding hydrogens is 362 g/mol. The minimum Gasteiger partial charge on any atom is -0.496 e. The number of nitrogens with two attached hydrogens (primary N) is 1. The van der Waals surface area contributed by atoms with Gasteiger partial charge in [-0.25, -0.2) is 4.98 Å². The zero-order valence-corrected chi connectivity index (χ0v) is 12.7. The Labute approximate surface area is 122 Å². The van der Waals surface area contributed by atoms with E-state index in [-0.39, 0.29) is 0 Å². The Kier molecular flexibility index (Phi) is 4.08. The Morgan fingerprint density at radius 3 is 2.67 bits per heavy atom. The normalized spacial score (nSPS) is 10.2. The van der Waals surface area contributed by atoms with Crippen molar-refractivity contribution in [3.8, 4) is 5.75 Å². The number of nitrogens with zero attached hydrogens (tertiary/aromatic N) is 1. The Morgan fingerprint density at radius 1 is 1.28 bits per heavy atom. The number of aromatic nitrogens is 1.